The molecule has 0 aliphatic carbocycles. The van der Waals surface area contributed by atoms with Crippen molar-refractivity contribution in [1.29, 1.82) is 0 Å². The molecule has 39 heavy (non-hydrogen) atoms. The topological polar surface area (TPSA) is 147 Å². The van der Waals surface area contributed by atoms with Crippen molar-refractivity contribution in [1.82, 2.24) is 20.5 Å². The number of carbonyl (C=O) groups is 4. The SMILES string of the molecule is CSCC[C@H](NC(=O)[C@H](CC(C)C)N(C)C(=O)[C@@H](Cc1c[nH]c2ccccc12)NC(=O)OC(C)(C)C)C(N)=O. The summed E-state index contributed by atoms with van der Waals surface area (Å²) in [5.41, 5.74) is 6.51. The maximum Gasteiger partial charge on any atom is 0.408 e. The summed E-state index contributed by atoms with van der Waals surface area (Å²) in [5.74, 6) is -0.831. The number of likely N-dealkylation sites (N-methyl/N-ethyl adjacent to an activating group) is 1. The van der Waals surface area contributed by atoms with Gasteiger partial charge in [-0.25, -0.2) is 4.79 Å². The van der Waals surface area contributed by atoms with E-state index in [9.17, 15) is 19.2 Å². The molecule has 3 atom stereocenters. The molecule has 1 aromatic carbocycles. The number of fused-ring (bicyclic) bond motifs is 1. The van der Waals surface area contributed by atoms with Crippen molar-refractivity contribution in [3.8, 4) is 0 Å². The van der Waals surface area contributed by atoms with Gasteiger partial charge in [-0.2, -0.15) is 11.8 Å². The number of hydrogen-bond donors (Lipinski definition) is 4. The van der Waals surface area contributed by atoms with Gasteiger partial charge in [-0.05, 0) is 63.2 Å². The Labute approximate surface area is 235 Å². The molecular formula is C28H43N5O5S. The van der Waals surface area contributed by atoms with Crippen LogP contribution in [0.5, 0.6) is 0 Å². The first-order valence-electron chi connectivity index (χ1n) is 13.1. The average Bonchev–Trinajstić information content (AvgIpc) is 3.25. The Morgan fingerprint density at radius 1 is 1.10 bits per heavy atom. The molecule has 0 aliphatic heterocycles. The van der Waals surface area contributed by atoms with Gasteiger partial charge in [0.05, 0.1) is 0 Å². The van der Waals surface area contributed by atoms with Crippen LogP contribution in [0.15, 0.2) is 30.5 Å². The number of hydrogen-bond acceptors (Lipinski definition) is 6. The molecular weight excluding hydrogens is 518 g/mol. The first-order valence-corrected chi connectivity index (χ1v) is 14.5. The third-order valence-electron chi connectivity index (χ3n) is 6.17. The zero-order chi connectivity index (χ0) is 29.3. The summed E-state index contributed by atoms with van der Waals surface area (Å²) in [6.45, 7) is 9.11. The summed E-state index contributed by atoms with van der Waals surface area (Å²) in [4.78, 5) is 56.5. The monoisotopic (exact) mass is 561 g/mol. The molecule has 0 unspecified atom stereocenters. The van der Waals surface area contributed by atoms with E-state index in [-0.39, 0.29) is 12.3 Å². The summed E-state index contributed by atoms with van der Waals surface area (Å²) in [5, 5.41) is 6.38. The van der Waals surface area contributed by atoms with Crippen molar-refractivity contribution in [2.45, 2.75) is 77.6 Å². The minimum Gasteiger partial charge on any atom is -0.444 e. The standard InChI is InChI=1S/C28H43N5O5S/c1-17(2)14-23(25(35)31-21(24(29)34)12-13-39-7)33(6)26(36)22(32-27(37)38-28(3,4)5)15-18-16-30-20-11-9-8-10-19(18)20/h8-11,16-17,21-23,30H,12-15H2,1-7H3,(H2,29,34)(H,31,35)(H,32,37)/t21-,22+,23-/m0/s1. The lowest BCUT2D eigenvalue weighted by Gasteiger charge is -2.33. The van der Waals surface area contributed by atoms with E-state index in [0.29, 0.717) is 18.6 Å². The average molecular weight is 562 g/mol. The van der Waals surface area contributed by atoms with E-state index in [1.54, 1.807) is 32.5 Å². The number of nitrogens with two attached hydrogens (primary N) is 1. The molecule has 216 valence electrons. The molecule has 4 amide bonds. The maximum absolute atomic E-state index is 13.9. The minimum atomic E-state index is -1.00. The van der Waals surface area contributed by atoms with E-state index >= 15 is 0 Å². The van der Waals surface area contributed by atoms with Crippen LogP contribution in [0.1, 0.15) is 53.0 Å². The zero-order valence-corrected chi connectivity index (χ0v) is 24.8. The molecule has 0 fully saturated rings. The lowest BCUT2D eigenvalue weighted by molar-refractivity contribution is -0.141. The number of nitrogens with zero attached hydrogens (tertiary/aromatic N) is 1. The number of rotatable bonds is 13. The van der Waals surface area contributed by atoms with Crippen molar-refractivity contribution in [2.75, 3.05) is 19.1 Å². The van der Waals surface area contributed by atoms with Gasteiger partial charge in [0.2, 0.25) is 17.7 Å². The van der Waals surface area contributed by atoms with Crippen LogP contribution >= 0.6 is 11.8 Å². The Hall–Kier alpha value is -3.21. The number of thioether (sulfide) groups is 1. The summed E-state index contributed by atoms with van der Waals surface area (Å²) in [6, 6.07) is 4.95. The fourth-order valence-corrected chi connectivity index (χ4v) is 4.72. The predicted molar refractivity (Wildman–Crippen MR) is 155 cm³/mol. The van der Waals surface area contributed by atoms with Gasteiger partial charge in [0, 0.05) is 30.6 Å². The van der Waals surface area contributed by atoms with E-state index < -0.39 is 47.5 Å². The minimum absolute atomic E-state index is 0.0695. The normalized spacial score (nSPS) is 13.9. The van der Waals surface area contributed by atoms with E-state index in [1.165, 1.54) is 11.9 Å². The first-order chi connectivity index (χ1) is 18.2. The Balaban J connectivity index is 2.36. The third-order valence-corrected chi connectivity index (χ3v) is 6.82. The fourth-order valence-electron chi connectivity index (χ4n) is 4.25. The van der Waals surface area contributed by atoms with Gasteiger partial charge in [0.25, 0.3) is 0 Å². The Morgan fingerprint density at radius 3 is 2.36 bits per heavy atom. The highest BCUT2D eigenvalue weighted by Gasteiger charge is 2.35. The van der Waals surface area contributed by atoms with Crippen LogP contribution in [0, 0.1) is 5.92 Å². The lowest BCUT2D eigenvalue weighted by Crippen LogP contribution is -2.57. The van der Waals surface area contributed by atoms with Crippen molar-refractivity contribution < 1.29 is 23.9 Å². The second-order valence-electron chi connectivity index (χ2n) is 11.1. The number of aromatic amines is 1. The molecule has 1 heterocycles. The number of benzene rings is 1. The molecule has 2 aromatic rings. The molecule has 0 spiro atoms. The summed E-state index contributed by atoms with van der Waals surface area (Å²) in [7, 11) is 1.54. The van der Waals surface area contributed by atoms with Crippen LogP contribution in [0.3, 0.4) is 0 Å². The highest BCUT2D eigenvalue weighted by molar-refractivity contribution is 7.98. The molecule has 5 N–H and O–H groups in total. The number of nitrogens with one attached hydrogen (secondary N) is 3. The number of aromatic nitrogens is 1. The highest BCUT2D eigenvalue weighted by atomic mass is 32.2. The molecule has 10 nitrogen and oxygen atoms in total. The first kappa shape index (κ1) is 32.0. The van der Waals surface area contributed by atoms with Gasteiger partial charge in [-0.3, -0.25) is 14.4 Å². The number of para-hydroxylation sites is 1. The molecule has 0 radical (unpaired) electrons. The second kappa shape index (κ2) is 14.3. The molecule has 0 aliphatic rings. The Morgan fingerprint density at radius 2 is 1.77 bits per heavy atom. The number of primary amides is 1. The third kappa shape index (κ3) is 9.80. The van der Waals surface area contributed by atoms with Gasteiger partial charge < -0.3 is 31.0 Å². The van der Waals surface area contributed by atoms with E-state index in [0.717, 1.165) is 16.5 Å². The fraction of sp³-hybridized carbons (Fsp3) is 0.571. The van der Waals surface area contributed by atoms with E-state index in [2.05, 4.69) is 15.6 Å². The van der Waals surface area contributed by atoms with E-state index in [1.807, 2.05) is 50.6 Å². The molecule has 0 saturated carbocycles. The highest BCUT2D eigenvalue weighted by Crippen LogP contribution is 2.21. The smallest absolute Gasteiger partial charge is 0.408 e. The second-order valence-corrected chi connectivity index (χ2v) is 12.1. The summed E-state index contributed by atoms with van der Waals surface area (Å²) in [6.07, 6.45) is 3.90. The van der Waals surface area contributed by atoms with Crippen LogP contribution in [0.25, 0.3) is 10.9 Å². The molecule has 11 heteroatoms. The molecule has 0 bridgehead atoms. The molecule has 1 aromatic heterocycles. The largest absolute Gasteiger partial charge is 0.444 e. The van der Waals surface area contributed by atoms with Gasteiger partial charge in [0.15, 0.2) is 0 Å². The van der Waals surface area contributed by atoms with Crippen LogP contribution in [-0.2, 0) is 25.5 Å². The van der Waals surface area contributed by atoms with Crippen molar-refractivity contribution in [3.05, 3.63) is 36.0 Å². The quantitative estimate of drug-likeness (QED) is 0.295. The Kier molecular flexibility index (Phi) is 11.7. The summed E-state index contributed by atoms with van der Waals surface area (Å²) >= 11 is 1.54. The van der Waals surface area contributed by atoms with Crippen molar-refractivity contribution in [3.63, 3.8) is 0 Å². The van der Waals surface area contributed by atoms with Gasteiger partial charge in [0.1, 0.15) is 23.7 Å². The number of amides is 4. The molecule has 2 rings (SSSR count). The number of ether oxygens (including phenoxy) is 1. The zero-order valence-electron chi connectivity index (χ0n) is 24.0. The van der Waals surface area contributed by atoms with Crippen molar-refractivity contribution in [2.24, 2.45) is 11.7 Å². The molecule has 0 saturated heterocycles. The predicted octanol–water partition coefficient (Wildman–Crippen LogP) is 3.20. The Bertz CT molecular complexity index is 1140. The van der Waals surface area contributed by atoms with Gasteiger partial charge >= 0.3 is 6.09 Å². The number of alkyl carbamates (subject to hydrolysis) is 1. The van der Waals surface area contributed by atoms with Gasteiger partial charge in [-0.15, -0.1) is 0 Å². The van der Waals surface area contributed by atoms with E-state index in [4.69, 9.17) is 10.5 Å². The van der Waals surface area contributed by atoms with Crippen LogP contribution in [-0.4, -0.2) is 76.5 Å². The van der Waals surface area contributed by atoms with Crippen LogP contribution < -0.4 is 16.4 Å². The number of H-pyrrole nitrogens is 1. The van der Waals surface area contributed by atoms with Crippen LogP contribution in [0.4, 0.5) is 4.79 Å². The maximum atomic E-state index is 13.9. The van der Waals surface area contributed by atoms with Crippen molar-refractivity contribution >= 4 is 46.5 Å². The van der Waals surface area contributed by atoms with Crippen LogP contribution in [0.2, 0.25) is 0 Å². The number of carbonyl (C=O) groups excluding carboxylic acids is 4. The lowest BCUT2D eigenvalue weighted by atomic mass is 9.99. The summed E-state index contributed by atoms with van der Waals surface area (Å²) < 4.78 is 5.43. The van der Waals surface area contributed by atoms with Gasteiger partial charge in [-0.1, -0.05) is 32.0 Å².